The van der Waals surface area contributed by atoms with Crippen LogP contribution in [0, 0.1) is 17.7 Å². The lowest BCUT2D eigenvalue weighted by atomic mass is 9.84. The van der Waals surface area contributed by atoms with E-state index >= 15 is 0 Å². The number of halogens is 2. The van der Waals surface area contributed by atoms with Gasteiger partial charge >= 0.3 is 5.97 Å². The van der Waals surface area contributed by atoms with Crippen LogP contribution in [0.15, 0.2) is 30.6 Å². The van der Waals surface area contributed by atoms with Crippen molar-refractivity contribution in [3.8, 4) is 5.75 Å². The van der Waals surface area contributed by atoms with E-state index in [4.69, 9.17) is 16.3 Å². The molecule has 0 bridgehead atoms. The number of hydrogen-bond acceptors (Lipinski definition) is 6. The second-order valence-electron chi connectivity index (χ2n) is 7.65. The number of ether oxygens (including phenoxy) is 2. The molecule has 1 aromatic carbocycles. The van der Waals surface area contributed by atoms with Gasteiger partial charge < -0.3 is 14.4 Å². The highest BCUT2D eigenvalue weighted by molar-refractivity contribution is 6.30. The van der Waals surface area contributed by atoms with Crippen molar-refractivity contribution in [1.29, 1.82) is 0 Å². The molecule has 2 aromatic rings. The summed E-state index contributed by atoms with van der Waals surface area (Å²) in [5.41, 5.74) is 0.305. The van der Waals surface area contributed by atoms with Crippen LogP contribution in [0.4, 0.5) is 10.3 Å². The summed E-state index contributed by atoms with van der Waals surface area (Å²) in [4.78, 5) is 22.1. The van der Waals surface area contributed by atoms with Crippen molar-refractivity contribution in [2.45, 2.75) is 32.6 Å². The van der Waals surface area contributed by atoms with Crippen molar-refractivity contribution in [3.63, 3.8) is 0 Å². The molecule has 1 unspecified atom stereocenters. The van der Waals surface area contributed by atoms with E-state index in [-0.39, 0.29) is 6.42 Å². The maximum Gasteiger partial charge on any atom is 0.310 e. The number of carbonyl (C=O) groups is 1. The average Bonchev–Trinajstić information content (AvgIpc) is 2.76. The third kappa shape index (κ3) is 6.05. The van der Waals surface area contributed by atoms with Gasteiger partial charge in [0.2, 0.25) is 5.95 Å². The molecule has 0 radical (unpaired) electrons. The number of anilines is 1. The SMILES string of the molecule is COC(=O)Cc1ccc(OCCC(C)C2CCN(c3ncc(Cl)cn3)CC2)cc1F. The first-order chi connectivity index (χ1) is 14.5. The minimum atomic E-state index is -0.468. The van der Waals surface area contributed by atoms with Gasteiger partial charge in [0.25, 0.3) is 0 Å². The maximum absolute atomic E-state index is 14.1. The minimum Gasteiger partial charge on any atom is -0.493 e. The summed E-state index contributed by atoms with van der Waals surface area (Å²) in [7, 11) is 1.29. The van der Waals surface area contributed by atoms with Crippen LogP contribution in [0.25, 0.3) is 0 Å². The molecular formula is C22H27ClFN3O3. The predicted octanol–water partition coefficient (Wildman–Crippen LogP) is 4.31. The van der Waals surface area contributed by atoms with Crippen LogP contribution >= 0.6 is 11.6 Å². The quantitative estimate of drug-likeness (QED) is 0.576. The zero-order valence-electron chi connectivity index (χ0n) is 17.3. The van der Waals surface area contributed by atoms with Crippen molar-refractivity contribution in [2.24, 2.45) is 11.8 Å². The minimum absolute atomic E-state index is 0.0839. The monoisotopic (exact) mass is 435 g/mol. The van der Waals surface area contributed by atoms with E-state index in [0.717, 1.165) is 38.3 Å². The highest BCUT2D eigenvalue weighted by Gasteiger charge is 2.25. The third-order valence-electron chi connectivity index (χ3n) is 5.66. The molecule has 2 heterocycles. The highest BCUT2D eigenvalue weighted by Crippen LogP contribution is 2.29. The summed E-state index contributed by atoms with van der Waals surface area (Å²) in [6.07, 6.45) is 6.21. The number of benzene rings is 1. The Morgan fingerprint density at radius 3 is 2.63 bits per heavy atom. The molecule has 8 heteroatoms. The van der Waals surface area contributed by atoms with E-state index in [1.807, 2.05) is 0 Å². The molecule has 162 valence electrons. The van der Waals surface area contributed by atoms with Crippen LogP contribution in [0.2, 0.25) is 5.02 Å². The topological polar surface area (TPSA) is 64.6 Å². The standard InChI is InChI=1S/C22H27ClFN3O3/c1-15(16-5-8-27(9-6-16)22-25-13-18(23)14-26-22)7-10-30-19-4-3-17(20(24)12-19)11-21(28)29-2/h3-4,12-16H,5-11H2,1-2H3. The molecule has 1 fully saturated rings. The summed E-state index contributed by atoms with van der Waals surface area (Å²) in [5.74, 6) is 1.39. The smallest absolute Gasteiger partial charge is 0.310 e. The molecule has 1 atom stereocenters. The van der Waals surface area contributed by atoms with Crippen LogP contribution in [-0.4, -0.2) is 42.7 Å². The Balaban J connectivity index is 1.42. The van der Waals surface area contributed by atoms with Gasteiger partial charge in [-0.25, -0.2) is 14.4 Å². The fraction of sp³-hybridized carbons (Fsp3) is 0.500. The van der Waals surface area contributed by atoms with E-state index < -0.39 is 11.8 Å². The number of esters is 1. The number of aromatic nitrogens is 2. The lowest BCUT2D eigenvalue weighted by Crippen LogP contribution is -2.36. The molecule has 1 aliphatic rings. The zero-order valence-corrected chi connectivity index (χ0v) is 18.1. The molecule has 1 aliphatic heterocycles. The van der Waals surface area contributed by atoms with Gasteiger partial charge in [-0.2, -0.15) is 0 Å². The van der Waals surface area contributed by atoms with Crippen LogP contribution < -0.4 is 9.64 Å². The summed E-state index contributed by atoms with van der Waals surface area (Å²) in [6.45, 7) is 4.61. The van der Waals surface area contributed by atoms with Crippen LogP contribution in [0.5, 0.6) is 5.75 Å². The van der Waals surface area contributed by atoms with Crippen LogP contribution in [0.3, 0.4) is 0 Å². The zero-order chi connectivity index (χ0) is 21.5. The number of rotatable bonds is 8. The Morgan fingerprint density at radius 2 is 2.00 bits per heavy atom. The molecule has 0 spiro atoms. The van der Waals surface area contributed by atoms with Crippen molar-refractivity contribution in [1.82, 2.24) is 9.97 Å². The molecule has 1 saturated heterocycles. The summed E-state index contributed by atoms with van der Waals surface area (Å²) < 4.78 is 24.4. The molecule has 1 aromatic heterocycles. The molecule has 0 N–H and O–H groups in total. The van der Waals surface area contributed by atoms with Gasteiger partial charge in [0, 0.05) is 19.2 Å². The van der Waals surface area contributed by atoms with Gasteiger partial charge in [-0.15, -0.1) is 0 Å². The normalized spacial score (nSPS) is 15.7. The Kier molecular flexibility index (Phi) is 7.85. The third-order valence-corrected chi connectivity index (χ3v) is 5.86. The first kappa shape index (κ1) is 22.3. The largest absolute Gasteiger partial charge is 0.493 e. The summed E-state index contributed by atoms with van der Waals surface area (Å²) in [5, 5.41) is 0.542. The first-order valence-electron chi connectivity index (χ1n) is 10.2. The first-order valence-corrected chi connectivity index (χ1v) is 10.5. The van der Waals surface area contributed by atoms with Gasteiger partial charge in [0.05, 0.1) is 37.6 Å². The van der Waals surface area contributed by atoms with E-state index in [2.05, 4.69) is 26.5 Å². The Morgan fingerprint density at radius 1 is 1.30 bits per heavy atom. The number of nitrogens with zero attached hydrogens (tertiary/aromatic N) is 3. The van der Waals surface area contributed by atoms with Gasteiger partial charge in [-0.1, -0.05) is 24.6 Å². The van der Waals surface area contributed by atoms with Gasteiger partial charge in [-0.05, 0) is 42.7 Å². The van der Waals surface area contributed by atoms with E-state index in [1.54, 1.807) is 24.5 Å². The molecular weight excluding hydrogens is 409 g/mol. The highest BCUT2D eigenvalue weighted by atomic mass is 35.5. The lowest BCUT2D eigenvalue weighted by molar-refractivity contribution is -0.139. The Labute approximate surface area is 181 Å². The Hall–Kier alpha value is -2.41. The molecule has 3 rings (SSSR count). The molecule has 0 amide bonds. The van der Waals surface area contributed by atoms with E-state index in [9.17, 15) is 9.18 Å². The predicted molar refractivity (Wildman–Crippen MR) is 113 cm³/mol. The van der Waals surface area contributed by atoms with E-state index in [0.29, 0.717) is 34.8 Å². The second kappa shape index (κ2) is 10.6. The van der Waals surface area contributed by atoms with Crippen molar-refractivity contribution in [3.05, 3.63) is 47.0 Å². The number of carbonyl (C=O) groups excluding carboxylic acids is 1. The van der Waals surface area contributed by atoms with Crippen molar-refractivity contribution < 1.29 is 18.7 Å². The van der Waals surface area contributed by atoms with Gasteiger partial charge in [0.1, 0.15) is 11.6 Å². The number of methoxy groups -OCH3 is 1. The molecule has 0 aliphatic carbocycles. The van der Waals surface area contributed by atoms with Gasteiger partial charge in [-0.3, -0.25) is 4.79 Å². The average molecular weight is 436 g/mol. The maximum atomic E-state index is 14.1. The van der Waals surface area contributed by atoms with Gasteiger partial charge in [0.15, 0.2) is 0 Å². The summed E-state index contributed by atoms with van der Waals surface area (Å²) in [6, 6.07) is 4.59. The fourth-order valence-electron chi connectivity index (χ4n) is 3.72. The number of hydrogen-bond donors (Lipinski definition) is 0. The second-order valence-corrected chi connectivity index (χ2v) is 8.08. The van der Waals surface area contributed by atoms with Crippen molar-refractivity contribution >= 4 is 23.5 Å². The lowest BCUT2D eigenvalue weighted by Gasteiger charge is -2.34. The molecule has 0 saturated carbocycles. The summed E-state index contributed by atoms with van der Waals surface area (Å²) >= 11 is 5.86. The molecule has 6 nitrogen and oxygen atoms in total. The number of piperidine rings is 1. The van der Waals surface area contributed by atoms with Crippen LogP contribution in [-0.2, 0) is 16.0 Å². The Bertz CT molecular complexity index is 842. The van der Waals surface area contributed by atoms with E-state index in [1.165, 1.54) is 13.2 Å². The van der Waals surface area contributed by atoms with Crippen LogP contribution in [0.1, 0.15) is 31.7 Å². The fourth-order valence-corrected chi connectivity index (χ4v) is 3.82. The van der Waals surface area contributed by atoms with Crippen molar-refractivity contribution in [2.75, 3.05) is 31.7 Å². The molecule has 30 heavy (non-hydrogen) atoms.